The molecule has 1 aromatic carbocycles. The van der Waals surface area contributed by atoms with E-state index in [0.29, 0.717) is 26.4 Å². The molecule has 2 fully saturated rings. The fourth-order valence-electron chi connectivity index (χ4n) is 2.18. The van der Waals surface area contributed by atoms with E-state index in [1.807, 2.05) is 31.2 Å². The highest BCUT2D eigenvalue weighted by Gasteiger charge is 2.33. The van der Waals surface area contributed by atoms with E-state index in [9.17, 15) is 0 Å². The highest BCUT2D eigenvalue weighted by molar-refractivity contribution is 5.26. The summed E-state index contributed by atoms with van der Waals surface area (Å²) in [6.07, 6.45) is -0.220. The van der Waals surface area contributed by atoms with Gasteiger partial charge in [0.05, 0.1) is 26.4 Å². The molecule has 0 bridgehead atoms. The number of rotatable bonds is 2. The van der Waals surface area contributed by atoms with Gasteiger partial charge in [0, 0.05) is 11.1 Å². The minimum absolute atomic E-state index is 0.220. The van der Waals surface area contributed by atoms with E-state index >= 15 is 0 Å². The SMILES string of the molecule is CC1(c2ccc(C3OCCO3)cc2)OCCO1. The summed E-state index contributed by atoms with van der Waals surface area (Å²) in [4.78, 5) is 0. The Kier molecular flexibility index (Phi) is 2.88. The van der Waals surface area contributed by atoms with E-state index in [0.717, 1.165) is 11.1 Å². The van der Waals surface area contributed by atoms with Crippen LogP contribution >= 0.6 is 0 Å². The van der Waals surface area contributed by atoms with Gasteiger partial charge in [0.15, 0.2) is 12.1 Å². The molecule has 4 heteroatoms. The maximum absolute atomic E-state index is 5.61. The summed E-state index contributed by atoms with van der Waals surface area (Å²) < 4.78 is 22.1. The summed E-state index contributed by atoms with van der Waals surface area (Å²) in [6.45, 7) is 4.56. The molecule has 0 aromatic heterocycles. The largest absolute Gasteiger partial charge is 0.346 e. The van der Waals surface area contributed by atoms with E-state index < -0.39 is 5.79 Å². The van der Waals surface area contributed by atoms with Crippen molar-refractivity contribution in [2.24, 2.45) is 0 Å². The molecule has 1 aromatic rings. The van der Waals surface area contributed by atoms with E-state index in [1.165, 1.54) is 0 Å². The molecule has 2 aliphatic heterocycles. The number of ether oxygens (including phenoxy) is 4. The fraction of sp³-hybridized carbons (Fsp3) is 0.538. The van der Waals surface area contributed by atoms with Crippen LogP contribution in [0.4, 0.5) is 0 Å². The van der Waals surface area contributed by atoms with E-state index in [2.05, 4.69) is 0 Å². The van der Waals surface area contributed by atoms with E-state index in [-0.39, 0.29) is 6.29 Å². The zero-order valence-electron chi connectivity index (χ0n) is 9.85. The lowest BCUT2D eigenvalue weighted by molar-refractivity contribution is -0.149. The van der Waals surface area contributed by atoms with Crippen LogP contribution < -0.4 is 0 Å². The van der Waals surface area contributed by atoms with Crippen LogP contribution in [0.25, 0.3) is 0 Å². The predicted molar refractivity (Wildman–Crippen MR) is 60.3 cm³/mol. The van der Waals surface area contributed by atoms with Crippen molar-refractivity contribution in [3.63, 3.8) is 0 Å². The van der Waals surface area contributed by atoms with Crippen molar-refractivity contribution >= 4 is 0 Å². The molecule has 0 unspecified atom stereocenters. The van der Waals surface area contributed by atoms with Crippen molar-refractivity contribution in [3.8, 4) is 0 Å². The second-order valence-electron chi connectivity index (χ2n) is 4.34. The Morgan fingerprint density at radius 2 is 1.53 bits per heavy atom. The normalized spacial score (nSPS) is 24.3. The van der Waals surface area contributed by atoms with Gasteiger partial charge in [-0.25, -0.2) is 0 Å². The van der Waals surface area contributed by atoms with Gasteiger partial charge in [0.1, 0.15) is 0 Å². The maximum Gasteiger partial charge on any atom is 0.192 e. The molecule has 4 nitrogen and oxygen atoms in total. The summed E-state index contributed by atoms with van der Waals surface area (Å²) in [6, 6.07) is 8.01. The predicted octanol–water partition coefficient (Wildman–Crippen LogP) is 1.95. The first-order valence-corrected chi connectivity index (χ1v) is 5.89. The van der Waals surface area contributed by atoms with Crippen molar-refractivity contribution in [2.45, 2.75) is 19.0 Å². The lowest BCUT2D eigenvalue weighted by atomic mass is 10.1. The summed E-state index contributed by atoms with van der Waals surface area (Å²) in [5, 5.41) is 0. The topological polar surface area (TPSA) is 36.9 Å². The summed E-state index contributed by atoms with van der Waals surface area (Å²) in [5.41, 5.74) is 2.06. The molecule has 0 amide bonds. The van der Waals surface area contributed by atoms with Gasteiger partial charge >= 0.3 is 0 Å². The first kappa shape index (κ1) is 11.2. The van der Waals surface area contributed by atoms with Gasteiger partial charge in [0.25, 0.3) is 0 Å². The Hall–Kier alpha value is -0.940. The fourth-order valence-corrected chi connectivity index (χ4v) is 2.18. The first-order chi connectivity index (χ1) is 8.28. The Balaban J connectivity index is 1.79. The molecule has 0 N–H and O–H groups in total. The summed E-state index contributed by atoms with van der Waals surface area (Å²) in [5.74, 6) is -0.601. The Morgan fingerprint density at radius 1 is 0.941 bits per heavy atom. The molecule has 3 rings (SSSR count). The minimum atomic E-state index is -0.601. The zero-order valence-corrected chi connectivity index (χ0v) is 9.85. The summed E-state index contributed by atoms with van der Waals surface area (Å²) >= 11 is 0. The number of benzene rings is 1. The van der Waals surface area contributed by atoms with Crippen LogP contribution in [0.1, 0.15) is 24.3 Å². The smallest absolute Gasteiger partial charge is 0.192 e. The first-order valence-electron chi connectivity index (χ1n) is 5.89. The van der Waals surface area contributed by atoms with Crippen LogP contribution in [0, 0.1) is 0 Å². The Labute approximate surface area is 100 Å². The van der Waals surface area contributed by atoms with Gasteiger partial charge in [-0.1, -0.05) is 24.3 Å². The molecule has 2 saturated heterocycles. The maximum atomic E-state index is 5.61. The average molecular weight is 236 g/mol. The quantitative estimate of drug-likeness (QED) is 0.786. The molecule has 0 aliphatic carbocycles. The Bertz CT molecular complexity index is 375. The molecule has 0 saturated carbocycles. The van der Waals surface area contributed by atoms with E-state index in [1.54, 1.807) is 0 Å². The molecular weight excluding hydrogens is 220 g/mol. The third kappa shape index (κ3) is 2.09. The molecule has 92 valence electrons. The lowest BCUT2D eigenvalue weighted by Gasteiger charge is -2.23. The standard InChI is InChI=1S/C13H16O4/c1-13(16-8-9-17-13)11-4-2-10(3-5-11)12-14-6-7-15-12/h2-5,12H,6-9H2,1H3. The molecule has 2 heterocycles. The lowest BCUT2D eigenvalue weighted by Crippen LogP contribution is -2.22. The van der Waals surface area contributed by atoms with Crippen molar-refractivity contribution in [1.29, 1.82) is 0 Å². The second kappa shape index (κ2) is 4.38. The average Bonchev–Trinajstić information content (AvgIpc) is 3.01. The molecule has 17 heavy (non-hydrogen) atoms. The molecule has 0 spiro atoms. The second-order valence-corrected chi connectivity index (χ2v) is 4.34. The highest BCUT2D eigenvalue weighted by atomic mass is 16.7. The van der Waals surface area contributed by atoms with Crippen molar-refractivity contribution in [3.05, 3.63) is 35.4 Å². The van der Waals surface area contributed by atoms with Crippen LogP contribution in [0.15, 0.2) is 24.3 Å². The molecular formula is C13H16O4. The molecule has 0 atom stereocenters. The van der Waals surface area contributed by atoms with Crippen LogP contribution in [0.3, 0.4) is 0 Å². The van der Waals surface area contributed by atoms with Crippen LogP contribution in [-0.4, -0.2) is 26.4 Å². The van der Waals surface area contributed by atoms with Crippen molar-refractivity contribution in [2.75, 3.05) is 26.4 Å². The molecule has 0 radical (unpaired) electrons. The zero-order chi connectivity index (χ0) is 11.7. The van der Waals surface area contributed by atoms with Gasteiger partial charge < -0.3 is 18.9 Å². The van der Waals surface area contributed by atoms with Gasteiger partial charge in [-0.05, 0) is 6.92 Å². The van der Waals surface area contributed by atoms with Crippen molar-refractivity contribution in [1.82, 2.24) is 0 Å². The monoisotopic (exact) mass is 236 g/mol. The number of hydrogen-bond donors (Lipinski definition) is 0. The van der Waals surface area contributed by atoms with Gasteiger partial charge in [-0.15, -0.1) is 0 Å². The van der Waals surface area contributed by atoms with Crippen LogP contribution in [0.2, 0.25) is 0 Å². The molecule has 2 aliphatic rings. The third-order valence-corrected chi connectivity index (χ3v) is 3.17. The van der Waals surface area contributed by atoms with Crippen LogP contribution in [-0.2, 0) is 24.7 Å². The summed E-state index contributed by atoms with van der Waals surface area (Å²) in [7, 11) is 0. The highest BCUT2D eigenvalue weighted by Crippen LogP contribution is 2.32. The van der Waals surface area contributed by atoms with Gasteiger partial charge in [0.2, 0.25) is 0 Å². The van der Waals surface area contributed by atoms with Crippen molar-refractivity contribution < 1.29 is 18.9 Å². The Morgan fingerprint density at radius 3 is 2.12 bits per heavy atom. The third-order valence-electron chi connectivity index (χ3n) is 3.17. The van der Waals surface area contributed by atoms with Gasteiger partial charge in [-0.2, -0.15) is 0 Å². The van der Waals surface area contributed by atoms with E-state index in [4.69, 9.17) is 18.9 Å². The minimum Gasteiger partial charge on any atom is -0.346 e. The number of hydrogen-bond acceptors (Lipinski definition) is 4. The van der Waals surface area contributed by atoms with Crippen LogP contribution in [0.5, 0.6) is 0 Å². The van der Waals surface area contributed by atoms with Gasteiger partial charge in [-0.3, -0.25) is 0 Å².